The highest BCUT2D eigenvalue weighted by Crippen LogP contribution is 2.32. The number of guanidine groups is 1. The number of nitrogens with zero attached hydrogens (tertiary/aromatic N) is 4. The van der Waals surface area contributed by atoms with E-state index in [1.165, 1.54) is 24.0 Å². The van der Waals surface area contributed by atoms with Gasteiger partial charge in [-0.05, 0) is 50.2 Å². The normalized spacial score (nSPS) is 21.6. The molecule has 2 atom stereocenters. The van der Waals surface area contributed by atoms with Crippen molar-refractivity contribution in [2.24, 2.45) is 10.9 Å². The van der Waals surface area contributed by atoms with Crippen LogP contribution in [-0.2, 0) is 19.4 Å². The topological polar surface area (TPSA) is 67.1 Å². The molecule has 1 aromatic heterocycles. The highest BCUT2D eigenvalue weighted by Gasteiger charge is 2.23. The standard InChI is InChI=1S/C21H30N6/c1-3-22-21(24-13-18-10-9-17-6-4-5-7-19(17)18)23-12-16-8-11-20-26-25-15(2)27(20)14-16/h4-7,16,18H,3,8-14H2,1-2H3,(H2,22,23,24). The average molecular weight is 367 g/mol. The number of aromatic nitrogens is 3. The Bertz CT molecular complexity index is 809. The first-order chi connectivity index (χ1) is 13.2. The zero-order valence-corrected chi connectivity index (χ0v) is 16.4. The van der Waals surface area contributed by atoms with Gasteiger partial charge in [0.05, 0.1) is 0 Å². The molecule has 0 saturated heterocycles. The number of hydrogen-bond donors (Lipinski definition) is 2. The highest BCUT2D eigenvalue weighted by atomic mass is 15.3. The van der Waals surface area contributed by atoms with E-state index in [4.69, 9.17) is 4.99 Å². The predicted octanol–water partition coefficient (Wildman–Crippen LogP) is 2.43. The van der Waals surface area contributed by atoms with Crippen LogP contribution in [0.3, 0.4) is 0 Å². The van der Waals surface area contributed by atoms with Crippen molar-refractivity contribution in [1.82, 2.24) is 25.4 Å². The fraction of sp³-hybridized carbons (Fsp3) is 0.571. The second-order valence-electron chi connectivity index (χ2n) is 7.71. The maximum absolute atomic E-state index is 4.88. The molecule has 0 bridgehead atoms. The molecule has 0 fully saturated rings. The van der Waals surface area contributed by atoms with Gasteiger partial charge < -0.3 is 15.2 Å². The van der Waals surface area contributed by atoms with Gasteiger partial charge in [-0.2, -0.15) is 0 Å². The minimum absolute atomic E-state index is 0.551. The van der Waals surface area contributed by atoms with Crippen LogP contribution in [0.1, 0.15) is 48.5 Å². The SMILES string of the molecule is CCNC(=NCC1CCc2nnc(C)n2C1)NCC1CCc2ccccc21. The number of benzene rings is 1. The molecular weight excluding hydrogens is 336 g/mol. The summed E-state index contributed by atoms with van der Waals surface area (Å²) in [6, 6.07) is 8.84. The van der Waals surface area contributed by atoms with Gasteiger partial charge in [-0.25, -0.2) is 0 Å². The van der Waals surface area contributed by atoms with Gasteiger partial charge in [-0.3, -0.25) is 4.99 Å². The lowest BCUT2D eigenvalue weighted by molar-refractivity contribution is 0.369. The second-order valence-corrected chi connectivity index (χ2v) is 7.71. The van der Waals surface area contributed by atoms with Crippen molar-refractivity contribution in [2.45, 2.75) is 52.0 Å². The Balaban J connectivity index is 1.35. The minimum atomic E-state index is 0.551. The molecule has 2 unspecified atom stereocenters. The van der Waals surface area contributed by atoms with Crippen LogP contribution in [0.4, 0.5) is 0 Å². The molecule has 4 rings (SSSR count). The number of nitrogens with one attached hydrogen (secondary N) is 2. The lowest BCUT2D eigenvalue weighted by atomic mass is 9.99. The Morgan fingerprint density at radius 2 is 2.07 bits per heavy atom. The smallest absolute Gasteiger partial charge is 0.191 e. The first-order valence-corrected chi connectivity index (χ1v) is 10.2. The maximum atomic E-state index is 4.88. The van der Waals surface area contributed by atoms with Crippen LogP contribution in [0.5, 0.6) is 0 Å². The minimum Gasteiger partial charge on any atom is -0.357 e. The Morgan fingerprint density at radius 3 is 2.96 bits per heavy atom. The van der Waals surface area contributed by atoms with E-state index in [2.05, 4.69) is 56.6 Å². The summed E-state index contributed by atoms with van der Waals surface area (Å²) < 4.78 is 2.25. The summed E-state index contributed by atoms with van der Waals surface area (Å²) in [5.41, 5.74) is 3.01. The van der Waals surface area contributed by atoms with E-state index in [0.717, 1.165) is 56.6 Å². The van der Waals surface area contributed by atoms with Crippen LogP contribution in [0, 0.1) is 12.8 Å². The fourth-order valence-electron chi connectivity index (χ4n) is 4.32. The van der Waals surface area contributed by atoms with Crippen LogP contribution in [-0.4, -0.2) is 40.4 Å². The molecule has 6 nitrogen and oxygen atoms in total. The van der Waals surface area contributed by atoms with E-state index in [0.29, 0.717) is 11.8 Å². The summed E-state index contributed by atoms with van der Waals surface area (Å²) in [4.78, 5) is 4.88. The Morgan fingerprint density at radius 1 is 1.19 bits per heavy atom. The lowest BCUT2D eigenvalue weighted by Crippen LogP contribution is -2.39. The monoisotopic (exact) mass is 366 g/mol. The molecule has 1 aliphatic heterocycles. The van der Waals surface area contributed by atoms with Crippen LogP contribution in [0.15, 0.2) is 29.3 Å². The summed E-state index contributed by atoms with van der Waals surface area (Å²) in [7, 11) is 0. The van der Waals surface area contributed by atoms with Gasteiger partial charge in [-0.15, -0.1) is 10.2 Å². The first-order valence-electron chi connectivity index (χ1n) is 10.2. The van der Waals surface area contributed by atoms with Crippen molar-refractivity contribution in [1.29, 1.82) is 0 Å². The third-order valence-electron chi connectivity index (χ3n) is 5.85. The molecule has 27 heavy (non-hydrogen) atoms. The summed E-state index contributed by atoms with van der Waals surface area (Å²) in [5, 5.41) is 15.4. The molecule has 0 saturated carbocycles. The van der Waals surface area contributed by atoms with Crippen molar-refractivity contribution in [2.75, 3.05) is 19.6 Å². The summed E-state index contributed by atoms with van der Waals surface area (Å²) in [6.07, 6.45) is 4.56. The summed E-state index contributed by atoms with van der Waals surface area (Å²) in [6.45, 7) is 7.80. The molecule has 0 amide bonds. The fourth-order valence-corrected chi connectivity index (χ4v) is 4.32. The molecule has 6 heteroatoms. The van der Waals surface area contributed by atoms with Crippen molar-refractivity contribution < 1.29 is 0 Å². The predicted molar refractivity (Wildman–Crippen MR) is 108 cm³/mol. The second kappa shape index (κ2) is 8.11. The molecule has 0 radical (unpaired) electrons. The van der Waals surface area contributed by atoms with E-state index < -0.39 is 0 Å². The number of aliphatic imine (C=N–C) groups is 1. The zero-order chi connectivity index (χ0) is 18.6. The molecule has 2 aliphatic rings. The van der Waals surface area contributed by atoms with Crippen molar-refractivity contribution in [3.05, 3.63) is 47.0 Å². The van der Waals surface area contributed by atoms with E-state index in [9.17, 15) is 0 Å². The van der Waals surface area contributed by atoms with Crippen LogP contribution in [0.25, 0.3) is 0 Å². The van der Waals surface area contributed by atoms with E-state index in [1.54, 1.807) is 0 Å². The average Bonchev–Trinajstić information content (AvgIpc) is 3.28. The third kappa shape index (κ3) is 3.99. The van der Waals surface area contributed by atoms with Crippen molar-refractivity contribution in [3.8, 4) is 0 Å². The van der Waals surface area contributed by atoms with Crippen LogP contribution in [0.2, 0.25) is 0 Å². The van der Waals surface area contributed by atoms with Gasteiger partial charge >= 0.3 is 0 Å². The van der Waals surface area contributed by atoms with Crippen LogP contribution < -0.4 is 10.6 Å². The van der Waals surface area contributed by atoms with Gasteiger partial charge in [-0.1, -0.05) is 24.3 Å². The van der Waals surface area contributed by atoms with E-state index >= 15 is 0 Å². The molecule has 2 N–H and O–H groups in total. The quantitative estimate of drug-likeness (QED) is 0.630. The summed E-state index contributed by atoms with van der Waals surface area (Å²) in [5.74, 6) is 4.21. The number of hydrogen-bond acceptors (Lipinski definition) is 3. The van der Waals surface area contributed by atoms with Gasteiger partial charge in [0.1, 0.15) is 11.6 Å². The number of rotatable bonds is 5. The van der Waals surface area contributed by atoms with Gasteiger partial charge in [0, 0.05) is 38.5 Å². The van der Waals surface area contributed by atoms with E-state index in [-0.39, 0.29) is 0 Å². The van der Waals surface area contributed by atoms with Crippen LogP contribution >= 0.6 is 0 Å². The van der Waals surface area contributed by atoms with Gasteiger partial charge in [0.2, 0.25) is 0 Å². The Kier molecular flexibility index (Phi) is 5.41. The largest absolute Gasteiger partial charge is 0.357 e. The van der Waals surface area contributed by atoms with Crippen molar-refractivity contribution >= 4 is 5.96 Å². The molecule has 2 heterocycles. The van der Waals surface area contributed by atoms with Crippen molar-refractivity contribution in [3.63, 3.8) is 0 Å². The van der Waals surface area contributed by atoms with Gasteiger partial charge in [0.15, 0.2) is 5.96 Å². The first kappa shape index (κ1) is 18.0. The van der Waals surface area contributed by atoms with E-state index in [1.807, 2.05) is 6.92 Å². The molecule has 0 spiro atoms. The molecule has 1 aliphatic carbocycles. The number of aryl methyl sites for hydroxylation is 3. The Labute approximate surface area is 161 Å². The third-order valence-corrected chi connectivity index (χ3v) is 5.85. The number of fused-ring (bicyclic) bond motifs is 2. The summed E-state index contributed by atoms with van der Waals surface area (Å²) >= 11 is 0. The highest BCUT2D eigenvalue weighted by molar-refractivity contribution is 5.79. The lowest BCUT2D eigenvalue weighted by Gasteiger charge is -2.23. The molecule has 144 valence electrons. The zero-order valence-electron chi connectivity index (χ0n) is 16.4. The maximum Gasteiger partial charge on any atom is 0.191 e. The Hall–Kier alpha value is -2.37. The van der Waals surface area contributed by atoms with Gasteiger partial charge in [0.25, 0.3) is 0 Å². The molecule has 2 aromatic rings. The molecule has 1 aromatic carbocycles. The molecular formula is C21H30N6.